The molecule has 2 rings (SSSR count). The highest BCUT2D eigenvalue weighted by Crippen LogP contribution is 2.14. The molecule has 0 radical (unpaired) electrons. The predicted molar refractivity (Wildman–Crippen MR) is 64.5 cm³/mol. The van der Waals surface area contributed by atoms with Crippen LogP contribution < -0.4 is 16.6 Å². The molecule has 0 saturated carbocycles. The number of rotatable bonds is 4. The lowest BCUT2D eigenvalue weighted by molar-refractivity contribution is 0.709. The maximum atomic E-state index is 11.4. The minimum absolute atomic E-state index is 0.304. The number of nitrogens with zero attached hydrogens (tertiary/aromatic N) is 3. The van der Waals surface area contributed by atoms with Crippen molar-refractivity contribution in [3.63, 3.8) is 0 Å². The number of aromatic amines is 1. The van der Waals surface area contributed by atoms with E-state index in [1.165, 1.54) is 28.2 Å². The Kier molecular flexibility index (Phi) is 3.33. The zero-order valence-corrected chi connectivity index (χ0v) is 9.95. The van der Waals surface area contributed by atoms with E-state index < -0.39 is 11.2 Å². The molecule has 0 amide bonds. The second kappa shape index (κ2) is 4.91. The molecule has 0 atom stereocenters. The van der Waals surface area contributed by atoms with Gasteiger partial charge in [0.1, 0.15) is 5.01 Å². The lowest BCUT2D eigenvalue weighted by Gasteiger charge is -1.99. The highest BCUT2D eigenvalue weighted by atomic mass is 32.1. The second-order valence-electron chi connectivity index (χ2n) is 3.27. The van der Waals surface area contributed by atoms with Gasteiger partial charge in [0, 0.05) is 18.8 Å². The highest BCUT2D eigenvalue weighted by molar-refractivity contribution is 7.15. The molecule has 90 valence electrons. The number of hydrogen-bond donors (Lipinski definition) is 2. The Labute approximate surface area is 100 Å². The van der Waals surface area contributed by atoms with Gasteiger partial charge < -0.3 is 5.32 Å². The van der Waals surface area contributed by atoms with Gasteiger partial charge >= 0.3 is 5.69 Å². The van der Waals surface area contributed by atoms with E-state index in [1.54, 1.807) is 0 Å². The van der Waals surface area contributed by atoms with Gasteiger partial charge in [0.25, 0.3) is 5.56 Å². The Bertz CT molecular complexity index is 614. The summed E-state index contributed by atoms with van der Waals surface area (Å²) in [5.41, 5.74) is -0.852. The quantitative estimate of drug-likeness (QED) is 0.791. The lowest BCUT2D eigenvalue weighted by atomic mass is 10.6. The van der Waals surface area contributed by atoms with Gasteiger partial charge in [-0.05, 0) is 6.92 Å². The molecule has 2 N–H and O–H groups in total. The van der Waals surface area contributed by atoms with Crippen molar-refractivity contribution in [2.75, 3.05) is 11.9 Å². The van der Waals surface area contributed by atoms with Crippen molar-refractivity contribution in [1.82, 2.24) is 19.7 Å². The summed E-state index contributed by atoms with van der Waals surface area (Å²) in [5, 5.41) is 12.3. The fourth-order valence-corrected chi connectivity index (χ4v) is 2.06. The third-order valence-corrected chi connectivity index (χ3v) is 2.86. The predicted octanol–water partition coefficient (Wildman–Crippen LogP) is -0.132. The number of anilines is 1. The van der Waals surface area contributed by atoms with Crippen LogP contribution in [-0.2, 0) is 6.54 Å². The molecule has 0 fully saturated rings. The van der Waals surface area contributed by atoms with Crippen molar-refractivity contribution in [1.29, 1.82) is 0 Å². The van der Waals surface area contributed by atoms with E-state index in [0.717, 1.165) is 11.7 Å². The average molecular weight is 253 g/mol. The normalized spacial score (nSPS) is 10.4. The summed E-state index contributed by atoms with van der Waals surface area (Å²) in [5.74, 6) is 0. The largest absolute Gasteiger partial charge is 0.360 e. The maximum Gasteiger partial charge on any atom is 0.328 e. The van der Waals surface area contributed by atoms with Gasteiger partial charge in [-0.2, -0.15) is 0 Å². The van der Waals surface area contributed by atoms with Crippen molar-refractivity contribution in [2.45, 2.75) is 13.5 Å². The Morgan fingerprint density at radius 3 is 3.00 bits per heavy atom. The van der Waals surface area contributed by atoms with Crippen LogP contribution in [0.25, 0.3) is 0 Å². The van der Waals surface area contributed by atoms with E-state index in [2.05, 4.69) is 20.5 Å². The van der Waals surface area contributed by atoms with Gasteiger partial charge in [0.15, 0.2) is 0 Å². The first-order valence-corrected chi connectivity index (χ1v) is 5.86. The Balaban J connectivity index is 2.19. The van der Waals surface area contributed by atoms with E-state index in [0.29, 0.717) is 11.6 Å². The summed E-state index contributed by atoms with van der Waals surface area (Å²) in [7, 11) is 0. The monoisotopic (exact) mass is 253 g/mol. The molecular weight excluding hydrogens is 242 g/mol. The van der Waals surface area contributed by atoms with E-state index in [-0.39, 0.29) is 0 Å². The maximum absolute atomic E-state index is 11.4. The first kappa shape index (κ1) is 11.5. The zero-order chi connectivity index (χ0) is 12.3. The molecule has 2 aromatic rings. The van der Waals surface area contributed by atoms with E-state index in [1.807, 2.05) is 6.92 Å². The van der Waals surface area contributed by atoms with Gasteiger partial charge in [-0.3, -0.25) is 14.3 Å². The minimum atomic E-state index is -0.447. The SMILES string of the molecule is CCNc1nnc(Cn2ccc(=O)[nH]c2=O)s1. The zero-order valence-electron chi connectivity index (χ0n) is 9.14. The topological polar surface area (TPSA) is 92.7 Å². The molecule has 0 aliphatic rings. The van der Waals surface area contributed by atoms with Crippen LogP contribution in [0.1, 0.15) is 11.9 Å². The van der Waals surface area contributed by atoms with Crippen LogP contribution >= 0.6 is 11.3 Å². The molecule has 2 heterocycles. The van der Waals surface area contributed by atoms with Gasteiger partial charge in [-0.1, -0.05) is 11.3 Å². The fourth-order valence-electron chi connectivity index (χ4n) is 1.25. The van der Waals surface area contributed by atoms with Gasteiger partial charge in [0.05, 0.1) is 6.54 Å². The van der Waals surface area contributed by atoms with E-state index in [9.17, 15) is 9.59 Å². The molecular formula is C9H11N5O2S. The van der Waals surface area contributed by atoms with Crippen molar-refractivity contribution in [3.8, 4) is 0 Å². The summed E-state index contributed by atoms with van der Waals surface area (Å²) in [6.07, 6.45) is 1.44. The molecule has 0 spiro atoms. The number of H-pyrrole nitrogens is 1. The van der Waals surface area contributed by atoms with E-state index >= 15 is 0 Å². The molecule has 0 saturated heterocycles. The molecule has 17 heavy (non-hydrogen) atoms. The van der Waals surface area contributed by atoms with Crippen LogP contribution in [0.5, 0.6) is 0 Å². The molecule has 0 aromatic carbocycles. The van der Waals surface area contributed by atoms with Crippen LogP contribution in [0.3, 0.4) is 0 Å². The molecule has 8 heteroatoms. The van der Waals surface area contributed by atoms with Crippen LogP contribution in [-0.4, -0.2) is 26.3 Å². The van der Waals surface area contributed by atoms with Gasteiger partial charge in [0.2, 0.25) is 5.13 Å². The van der Waals surface area contributed by atoms with Crippen LogP contribution in [0.2, 0.25) is 0 Å². The van der Waals surface area contributed by atoms with Crippen LogP contribution in [0, 0.1) is 0 Å². The molecule has 0 bridgehead atoms. The Morgan fingerprint density at radius 1 is 1.47 bits per heavy atom. The lowest BCUT2D eigenvalue weighted by Crippen LogP contribution is -2.28. The highest BCUT2D eigenvalue weighted by Gasteiger charge is 2.05. The molecule has 0 aliphatic heterocycles. The summed E-state index contributed by atoms with van der Waals surface area (Å²) >= 11 is 1.38. The van der Waals surface area contributed by atoms with Crippen molar-refractivity contribution >= 4 is 16.5 Å². The first-order chi connectivity index (χ1) is 8.19. The van der Waals surface area contributed by atoms with Crippen molar-refractivity contribution in [3.05, 3.63) is 38.1 Å². The summed E-state index contributed by atoms with van der Waals surface area (Å²) in [6, 6.07) is 1.30. The third kappa shape index (κ3) is 2.78. The first-order valence-electron chi connectivity index (χ1n) is 5.05. The third-order valence-electron chi connectivity index (χ3n) is 2.00. The number of aromatic nitrogens is 4. The Hall–Kier alpha value is -1.96. The summed E-state index contributed by atoms with van der Waals surface area (Å²) in [6.45, 7) is 3.04. The van der Waals surface area contributed by atoms with E-state index in [4.69, 9.17) is 0 Å². The Morgan fingerprint density at radius 2 is 2.29 bits per heavy atom. The van der Waals surface area contributed by atoms with Crippen molar-refractivity contribution < 1.29 is 0 Å². The standard InChI is InChI=1S/C9H11N5O2S/c1-2-10-8-13-12-7(17-8)5-14-4-3-6(15)11-9(14)16/h3-4H,2,5H2,1H3,(H,10,13)(H,11,15,16). The number of hydrogen-bond acceptors (Lipinski definition) is 6. The minimum Gasteiger partial charge on any atom is -0.360 e. The van der Waals surface area contributed by atoms with Gasteiger partial charge in [-0.15, -0.1) is 10.2 Å². The smallest absolute Gasteiger partial charge is 0.328 e. The summed E-state index contributed by atoms with van der Waals surface area (Å²) < 4.78 is 1.37. The second-order valence-corrected chi connectivity index (χ2v) is 4.33. The van der Waals surface area contributed by atoms with Crippen LogP contribution in [0.15, 0.2) is 21.9 Å². The molecule has 0 unspecified atom stereocenters. The fraction of sp³-hybridized carbons (Fsp3) is 0.333. The average Bonchev–Trinajstić information content (AvgIpc) is 2.71. The van der Waals surface area contributed by atoms with Gasteiger partial charge in [-0.25, -0.2) is 4.79 Å². The molecule has 0 aliphatic carbocycles. The number of nitrogens with one attached hydrogen (secondary N) is 2. The summed E-state index contributed by atoms with van der Waals surface area (Å²) in [4.78, 5) is 24.5. The van der Waals surface area contributed by atoms with Crippen molar-refractivity contribution in [2.24, 2.45) is 0 Å². The molecule has 2 aromatic heterocycles. The molecule has 7 nitrogen and oxygen atoms in total. The van der Waals surface area contributed by atoms with Crippen LogP contribution in [0.4, 0.5) is 5.13 Å².